The summed E-state index contributed by atoms with van der Waals surface area (Å²) in [4.78, 5) is 32.2. The lowest BCUT2D eigenvalue weighted by Gasteiger charge is -2.15. The van der Waals surface area contributed by atoms with E-state index < -0.39 is 0 Å². The van der Waals surface area contributed by atoms with Crippen LogP contribution in [0.15, 0.2) is 66.6 Å². The minimum Gasteiger partial charge on any atom is -0.350 e. The van der Waals surface area contributed by atoms with E-state index in [0.29, 0.717) is 16.3 Å². The van der Waals surface area contributed by atoms with Gasteiger partial charge in [0.25, 0.3) is 11.8 Å². The molecule has 1 aromatic heterocycles. The number of rotatable bonds is 5. The van der Waals surface area contributed by atoms with Gasteiger partial charge in [-0.05, 0) is 61.2 Å². The molecule has 31 heavy (non-hydrogen) atoms. The van der Waals surface area contributed by atoms with E-state index in [1.807, 2.05) is 57.2 Å². The highest BCUT2D eigenvalue weighted by atomic mass is 35.5. The summed E-state index contributed by atoms with van der Waals surface area (Å²) in [7, 11) is 0. The SMILES string of the molecule is Cc1ccc(C2=C(Nc3ccc(C)c(Cl)c3)C(=O)N(Cc3cccnc3)C2=O)c(C)c1. The van der Waals surface area contributed by atoms with Gasteiger partial charge in [-0.3, -0.25) is 19.5 Å². The minimum atomic E-state index is -0.375. The Labute approximate surface area is 186 Å². The van der Waals surface area contributed by atoms with E-state index >= 15 is 0 Å². The molecule has 1 N–H and O–H groups in total. The van der Waals surface area contributed by atoms with Gasteiger partial charge in [0.1, 0.15) is 5.70 Å². The molecule has 0 radical (unpaired) electrons. The maximum Gasteiger partial charge on any atom is 0.278 e. The second-order valence-electron chi connectivity index (χ2n) is 7.72. The molecule has 0 saturated carbocycles. The smallest absolute Gasteiger partial charge is 0.278 e. The third-order valence-electron chi connectivity index (χ3n) is 5.32. The van der Waals surface area contributed by atoms with Crippen molar-refractivity contribution >= 4 is 34.7 Å². The van der Waals surface area contributed by atoms with Crippen LogP contribution in [0.25, 0.3) is 5.57 Å². The van der Waals surface area contributed by atoms with E-state index in [2.05, 4.69) is 10.3 Å². The van der Waals surface area contributed by atoms with Gasteiger partial charge in [0, 0.05) is 23.1 Å². The van der Waals surface area contributed by atoms with Gasteiger partial charge in [0.15, 0.2) is 0 Å². The summed E-state index contributed by atoms with van der Waals surface area (Å²) in [6.45, 7) is 6.00. The van der Waals surface area contributed by atoms with Crippen LogP contribution in [-0.4, -0.2) is 21.7 Å². The zero-order valence-corrected chi connectivity index (χ0v) is 18.3. The van der Waals surface area contributed by atoms with Crippen LogP contribution in [-0.2, 0) is 16.1 Å². The molecule has 0 aliphatic carbocycles. The lowest BCUT2D eigenvalue weighted by molar-refractivity contribution is -0.137. The number of aryl methyl sites for hydroxylation is 3. The van der Waals surface area contributed by atoms with Crippen molar-refractivity contribution in [2.45, 2.75) is 27.3 Å². The average Bonchev–Trinajstić information content (AvgIpc) is 2.96. The molecule has 0 bridgehead atoms. The first-order chi connectivity index (χ1) is 14.8. The number of carbonyl (C=O) groups excluding carboxylic acids is 2. The summed E-state index contributed by atoms with van der Waals surface area (Å²) >= 11 is 6.27. The highest BCUT2D eigenvalue weighted by Gasteiger charge is 2.39. The predicted octanol–water partition coefficient (Wildman–Crippen LogP) is 5.05. The molecule has 1 aliphatic rings. The number of pyridine rings is 1. The first-order valence-electron chi connectivity index (χ1n) is 9.95. The number of hydrogen-bond donors (Lipinski definition) is 1. The summed E-state index contributed by atoms with van der Waals surface area (Å²) in [6, 6.07) is 14.9. The molecule has 0 unspecified atom stereocenters. The van der Waals surface area contributed by atoms with Gasteiger partial charge in [-0.15, -0.1) is 0 Å². The van der Waals surface area contributed by atoms with Crippen LogP contribution < -0.4 is 5.32 Å². The van der Waals surface area contributed by atoms with Crippen molar-refractivity contribution in [2.75, 3.05) is 5.32 Å². The number of amides is 2. The van der Waals surface area contributed by atoms with Crippen LogP contribution >= 0.6 is 11.6 Å². The van der Waals surface area contributed by atoms with E-state index in [9.17, 15) is 9.59 Å². The van der Waals surface area contributed by atoms with Crippen LogP contribution in [0.2, 0.25) is 5.02 Å². The van der Waals surface area contributed by atoms with Crippen molar-refractivity contribution in [2.24, 2.45) is 0 Å². The van der Waals surface area contributed by atoms with Crippen molar-refractivity contribution in [1.82, 2.24) is 9.88 Å². The number of aromatic nitrogens is 1. The quantitative estimate of drug-likeness (QED) is 0.574. The number of benzene rings is 2. The fraction of sp³-hybridized carbons (Fsp3) is 0.160. The van der Waals surface area contributed by atoms with Crippen LogP contribution in [0.3, 0.4) is 0 Å². The van der Waals surface area contributed by atoms with Crippen LogP contribution in [0.4, 0.5) is 5.69 Å². The number of halogens is 1. The van der Waals surface area contributed by atoms with Gasteiger partial charge in [-0.2, -0.15) is 0 Å². The Kier molecular flexibility index (Phi) is 5.61. The highest BCUT2D eigenvalue weighted by Crippen LogP contribution is 2.34. The molecule has 0 spiro atoms. The molecule has 156 valence electrons. The van der Waals surface area contributed by atoms with Gasteiger partial charge < -0.3 is 5.32 Å². The van der Waals surface area contributed by atoms with Gasteiger partial charge in [-0.1, -0.05) is 47.5 Å². The van der Waals surface area contributed by atoms with E-state index in [1.165, 1.54) is 4.90 Å². The molecule has 0 fully saturated rings. The number of hydrogen-bond acceptors (Lipinski definition) is 4. The molecule has 0 atom stereocenters. The molecule has 4 rings (SSSR count). The normalized spacial score (nSPS) is 13.9. The first kappa shape index (κ1) is 20.8. The Morgan fingerprint density at radius 1 is 0.968 bits per heavy atom. The van der Waals surface area contributed by atoms with E-state index in [-0.39, 0.29) is 24.1 Å². The van der Waals surface area contributed by atoms with Crippen molar-refractivity contribution < 1.29 is 9.59 Å². The van der Waals surface area contributed by atoms with Gasteiger partial charge >= 0.3 is 0 Å². The maximum atomic E-state index is 13.4. The molecule has 6 heteroatoms. The molecular formula is C25H22ClN3O2. The van der Waals surface area contributed by atoms with E-state index in [0.717, 1.165) is 27.8 Å². The standard InChI is InChI=1S/C25H22ClN3O2/c1-15-6-9-20(17(3)11-15)22-23(28-19-8-7-16(2)21(26)12-19)25(31)29(24(22)30)14-18-5-4-10-27-13-18/h4-13,28H,14H2,1-3H3. The topological polar surface area (TPSA) is 62.3 Å². The molecule has 1 aliphatic heterocycles. The third kappa shape index (κ3) is 4.09. The zero-order chi connectivity index (χ0) is 22.1. The van der Waals surface area contributed by atoms with E-state index in [1.54, 1.807) is 24.5 Å². The number of imide groups is 1. The van der Waals surface area contributed by atoms with Crippen molar-refractivity contribution in [3.8, 4) is 0 Å². The summed E-state index contributed by atoms with van der Waals surface area (Å²) < 4.78 is 0. The van der Waals surface area contributed by atoms with Crippen molar-refractivity contribution in [1.29, 1.82) is 0 Å². The molecule has 2 aromatic carbocycles. The molecule has 5 nitrogen and oxygen atoms in total. The molecular weight excluding hydrogens is 410 g/mol. The fourth-order valence-corrected chi connectivity index (χ4v) is 3.85. The molecule has 2 amide bonds. The summed E-state index contributed by atoms with van der Waals surface area (Å²) in [5.74, 6) is -0.706. The fourth-order valence-electron chi connectivity index (χ4n) is 3.67. The lowest BCUT2D eigenvalue weighted by atomic mass is 9.97. The lowest BCUT2D eigenvalue weighted by Crippen LogP contribution is -2.32. The number of carbonyl (C=O) groups is 2. The third-order valence-corrected chi connectivity index (χ3v) is 5.73. The monoisotopic (exact) mass is 431 g/mol. The van der Waals surface area contributed by atoms with E-state index in [4.69, 9.17) is 11.6 Å². The van der Waals surface area contributed by atoms with Crippen LogP contribution in [0.1, 0.15) is 27.8 Å². The maximum absolute atomic E-state index is 13.4. The zero-order valence-electron chi connectivity index (χ0n) is 17.6. The summed E-state index contributed by atoms with van der Waals surface area (Å²) in [5.41, 5.74) is 5.73. The molecule has 2 heterocycles. The Morgan fingerprint density at radius 2 is 1.77 bits per heavy atom. The minimum absolute atomic E-state index is 0.153. The largest absolute Gasteiger partial charge is 0.350 e. The Balaban J connectivity index is 1.79. The van der Waals surface area contributed by atoms with Crippen molar-refractivity contribution in [3.63, 3.8) is 0 Å². The Bertz CT molecular complexity index is 1220. The van der Waals surface area contributed by atoms with Gasteiger partial charge in [0.05, 0.1) is 12.1 Å². The second kappa shape index (κ2) is 8.36. The molecule has 3 aromatic rings. The van der Waals surface area contributed by atoms with Gasteiger partial charge in [-0.25, -0.2) is 0 Å². The highest BCUT2D eigenvalue weighted by molar-refractivity contribution is 6.37. The molecule has 0 saturated heterocycles. The average molecular weight is 432 g/mol. The number of nitrogens with zero attached hydrogens (tertiary/aromatic N) is 2. The number of anilines is 1. The summed E-state index contributed by atoms with van der Waals surface area (Å²) in [6.07, 6.45) is 3.31. The first-order valence-corrected chi connectivity index (χ1v) is 10.3. The van der Waals surface area contributed by atoms with Gasteiger partial charge in [0.2, 0.25) is 0 Å². The summed E-state index contributed by atoms with van der Waals surface area (Å²) in [5, 5.41) is 3.75. The second-order valence-corrected chi connectivity index (χ2v) is 8.12. The van der Waals surface area contributed by atoms with Crippen LogP contribution in [0, 0.1) is 20.8 Å². The van der Waals surface area contributed by atoms with Crippen molar-refractivity contribution in [3.05, 3.63) is 99.5 Å². The number of nitrogens with one attached hydrogen (secondary N) is 1. The predicted molar refractivity (Wildman–Crippen MR) is 122 cm³/mol. The Morgan fingerprint density at radius 3 is 2.45 bits per heavy atom. The van der Waals surface area contributed by atoms with Crippen LogP contribution in [0.5, 0.6) is 0 Å². The Hall–Kier alpha value is -3.44.